The van der Waals surface area contributed by atoms with Crippen molar-refractivity contribution in [1.82, 2.24) is 0 Å². The normalized spacial score (nSPS) is 30.7. The fourth-order valence-corrected chi connectivity index (χ4v) is 2.64. The highest BCUT2D eigenvalue weighted by Crippen LogP contribution is 2.71. The maximum atomic E-state index is 13.9. The lowest BCUT2D eigenvalue weighted by Crippen LogP contribution is -2.87. The molecule has 0 N–H and O–H groups in total. The van der Waals surface area contributed by atoms with E-state index in [4.69, 9.17) is 0 Å². The molecule has 2 aliphatic rings. The molecule has 2 fully saturated rings. The summed E-state index contributed by atoms with van der Waals surface area (Å²) in [7, 11) is -3.51. The van der Waals surface area contributed by atoms with E-state index in [1.807, 2.05) is 0 Å². The van der Waals surface area contributed by atoms with Gasteiger partial charge in [-0.25, -0.2) is 0 Å². The van der Waals surface area contributed by atoms with Crippen LogP contribution in [-0.4, -0.2) is 54.4 Å². The van der Waals surface area contributed by atoms with E-state index in [0.717, 1.165) is 0 Å². The molecule has 17 heteroatoms. The summed E-state index contributed by atoms with van der Waals surface area (Å²) < 4.78 is 191. The number of rotatable bonds is 7. The molecule has 0 amide bonds. The van der Waals surface area contributed by atoms with Gasteiger partial charge in [-0.15, -0.1) is 0 Å². The third-order valence-corrected chi connectivity index (χ3v) is 4.57. The van der Waals surface area contributed by atoms with Crippen molar-refractivity contribution in [1.29, 1.82) is 0 Å². The molecule has 0 aromatic heterocycles. The average molecular weight is 462 g/mol. The number of hydrogen-bond donors (Lipinski definition) is 0. The van der Waals surface area contributed by atoms with Gasteiger partial charge in [0.05, 0.1) is 0 Å². The molecular formula is C12H9BF14O2. The summed E-state index contributed by atoms with van der Waals surface area (Å²) in [6.45, 7) is 1.23. The Hall–Kier alpha value is -0.995. The van der Waals surface area contributed by atoms with Gasteiger partial charge in [-0.2, -0.15) is 61.5 Å². The third kappa shape index (κ3) is 2.34. The fraction of sp³-hybridized carbons (Fsp3) is 1.00. The molecule has 0 heterocycles. The first-order valence-electron chi connectivity index (χ1n) is 7.64. The molecule has 170 valence electrons. The minimum absolute atomic E-state index is 0.131. The standard InChI is InChI=1S/C12H9BF14O2/c1-2-3-4-13(28-11(26)7(18,19)5(14,15)8(11,20)21)29-12(27)9(22,23)6(16,17)10(12,24)25/h2-4H2,1H3. The molecular weight excluding hydrogens is 453 g/mol. The Morgan fingerprint density at radius 1 is 0.517 bits per heavy atom. The minimum atomic E-state index is -6.35. The summed E-state index contributed by atoms with van der Waals surface area (Å²) in [6, 6.07) is 0. The average Bonchev–Trinajstić information content (AvgIpc) is 2.56. The van der Waals surface area contributed by atoms with E-state index in [9.17, 15) is 61.5 Å². The van der Waals surface area contributed by atoms with Gasteiger partial charge in [0.1, 0.15) is 0 Å². The topological polar surface area (TPSA) is 18.5 Å². The summed E-state index contributed by atoms with van der Waals surface area (Å²) in [6.07, 6.45) is -2.03. The van der Waals surface area contributed by atoms with E-state index in [1.165, 1.54) is 6.92 Å². The van der Waals surface area contributed by atoms with Crippen LogP contribution in [0.25, 0.3) is 0 Å². The molecule has 29 heavy (non-hydrogen) atoms. The van der Waals surface area contributed by atoms with E-state index in [-0.39, 0.29) is 6.42 Å². The minimum Gasteiger partial charge on any atom is -0.369 e. The second kappa shape index (κ2) is 6.04. The van der Waals surface area contributed by atoms with Crippen molar-refractivity contribution in [3.8, 4) is 0 Å². The lowest BCUT2D eigenvalue weighted by molar-refractivity contribution is -0.531. The van der Waals surface area contributed by atoms with Crippen LogP contribution in [0.5, 0.6) is 0 Å². The summed E-state index contributed by atoms with van der Waals surface area (Å²) in [4.78, 5) is 0. The van der Waals surface area contributed by atoms with E-state index in [0.29, 0.717) is 0 Å². The SMILES string of the molecule is CCCCB(OC1(F)C(F)(F)C(F)(F)C1(F)F)OC1(F)C(F)(F)C(F)(F)C1(F)F. The number of halogens is 14. The van der Waals surface area contributed by atoms with E-state index in [2.05, 4.69) is 9.31 Å². The van der Waals surface area contributed by atoms with Crippen molar-refractivity contribution >= 4 is 7.12 Å². The van der Waals surface area contributed by atoms with Crippen LogP contribution >= 0.6 is 0 Å². The zero-order chi connectivity index (χ0) is 23.1. The van der Waals surface area contributed by atoms with E-state index in [1.54, 1.807) is 0 Å². The molecule has 0 aromatic rings. The van der Waals surface area contributed by atoms with Crippen LogP contribution in [0.3, 0.4) is 0 Å². The second-order valence-electron chi connectivity index (χ2n) is 6.44. The summed E-state index contributed by atoms with van der Waals surface area (Å²) in [5.74, 6) is -50.0. The van der Waals surface area contributed by atoms with Gasteiger partial charge in [0, 0.05) is 0 Å². The molecule has 2 nitrogen and oxygen atoms in total. The van der Waals surface area contributed by atoms with Crippen LogP contribution in [0.2, 0.25) is 6.32 Å². The second-order valence-corrected chi connectivity index (χ2v) is 6.44. The van der Waals surface area contributed by atoms with Gasteiger partial charge < -0.3 is 9.31 Å². The van der Waals surface area contributed by atoms with Crippen molar-refractivity contribution in [2.45, 2.75) is 73.3 Å². The highest BCUT2D eigenvalue weighted by molar-refractivity contribution is 6.44. The highest BCUT2D eigenvalue weighted by atomic mass is 19.4. The van der Waals surface area contributed by atoms with Crippen LogP contribution in [-0.2, 0) is 9.31 Å². The Morgan fingerprint density at radius 3 is 1.03 bits per heavy atom. The Labute approximate surface area is 152 Å². The maximum absolute atomic E-state index is 13.9. The molecule has 0 bridgehead atoms. The monoisotopic (exact) mass is 462 g/mol. The molecule has 0 saturated heterocycles. The van der Waals surface area contributed by atoms with Crippen LogP contribution in [0.4, 0.5) is 61.5 Å². The van der Waals surface area contributed by atoms with Gasteiger partial charge in [0.25, 0.3) is 0 Å². The summed E-state index contributed by atoms with van der Waals surface area (Å²) >= 11 is 0. The van der Waals surface area contributed by atoms with Gasteiger partial charge in [0.2, 0.25) is 0 Å². The van der Waals surface area contributed by atoms with Gasteiger partial charge in [-0.05, 0) is 6.32 Å². The maximum Gasteiger partial charge on any atom is 0.462 e. The van der Waals surface area contributed by atoms with Crippen LogP contribution in [0.1, 0.15) is 19.8 Å². The number of hydrogen-bond acceptors (Lipinski definition) is 2. The predicted octanol–water partition coefficient (Wildman–Crippen LogP) is 5.48. The summed E-state index contributed by atoms with van der Waals surface area (Å²) in [5.41, 5.74) is 0. The zero-order valence-electron chi connectivity index (χ0n) is 13.8. The molecule has 0 aromatic carbocycles. The molecule has 2 aliphatic carbocycles. The van der Waals surface area contributed by atoms with Crippen molar-refractivity contribution < 1.29 is 70.8 Å². The highest BCUT2D eigenvalue weighted by Gasteiger charge is 3.03. The van der Waals surface area contributed by atoms with Gasteiger partial charge in [-0.3, -0.25) is 0 Å². The molecule has 0 radical (unpaired) electrons. The van der Waals surface area contributed by atoms with Crippen molar-refractivity contribution in [2.24, 2.45) is 0 Å². The number of unbranched alkanes of at least 4 members (excludes halogenated alkanes) is 1. The molecule has 2 saturated carbocycles. The molecule has 0 unspecified atom stereocenters. The molecule has 0 aliphatic heterocycles. The lowest BCUT2D eigenvalue weighted by atomic mass is 9.71. The first-order valence-corrected chi connectivity index (χ1v) is 7.64. The third-order valence-electron chi connectivity index (χ3n) is 4.57. The predicted molar refractivity (Wildman–Crippen MR) is 65.0 cm³/mol. The first kappa shape index (κ1) is 24.3. The van der Waals surface area contributed by atoms with E-state index < -0.39 is 67.1 Å². The van der Waals surface area contributed by atoms with Crippen molar-refractivity contribution in [3.63, 3.8) is 0 Å². The number of alkyl halides is 14. The van der Waals surface area contributed by atoms with Crippen LogP contribution < -0.4 is 0 Å². The van der Waals surface area contributed by atoms with Crippen LogP contribution in [0, 0.1) is 0 Å². The molecule has 0 atom stereocenters. The Morgan fingerprint density at radius 2 is 0.793 bits per heavy atom. The first-order chi connectivity index (χ1) is 12.6. The Balaban J connectivity index is 2.38. The lowest BCUT2D eigenvalue weighted by Gasteiger charge is -2.56. The molecule has 2 rings (SSSR count). The Bertz CT molecular complexity index is 577. The smallest absolute Gasteiger partial charge is 0.369 e. The van der Waals surface area contributed by atoms with E-state index >= 15 is 0 Å². The largest absolute Gasteiger partial charge is 0.462 e. The summed E-state index contributed by atoms with van der Waals surface area (Å²) in [5, 5.41) is 0. The van der Waals surface area contributed by atoms with Gasteiger partial charge >= 0.3 is 54.4 Å². The van der Waals surface area contributed by atoms with Crippen molar-refractivity contribution in [2.75, 3.05) is 0 Å². The Kier molecular flexibility index (Phi) is 5.05. The quantitative estimate of drug-likeness (QED) is 0.369. The zero-order valence-corrected chi connectivity index (χ0v) is 13.8. The van der Waals surface area contributed by atoms with Crippen LogP contribution in [0.15, 0.2) is 0 Å². The molecule has 0 spiro atoms. The van der Waals surface area contributed by atoms with Gasteiger partial charge in [-0.1, -0.05) is 19.8 Å². The van der Waals surface area contributed by atoms with Crippen molar-refractivity contribution in [3.05, 3.63) is 0 Å². The fourth-order valence-electron chi connectivity index (χ4n) is 2.64. The van der Waals surface area contributed by atoms with Gasteiger partial charge in [0.15, 0.2) is 0 Å².